The second kappa shape index (κ2) is 5.53. The Bertz CT molecular complexity index is 367. The van der Waals surface area contributed by atoms with Gasteiger partial charge < -0.3 is 10.4 Å². The highest BCUT2D eigenvalue weighted by Gasteiger charge is 2.28. The van der Waals surface area contributed by atoms with Gasteiger partial charge in [0, 0.05) is 18.4 Å². The smallest absolute Gasteiger partial charge is 0.249 e. The van der Waals surface area contributed by atoms with Crippen LogP contribution < -0.4 is 10.6 Å². The van der Waals surface area contributed by atoms with E-state index in [-0.39, 0.29) is 18.4 Å². The summed E-state index contributed by atoms with van der Waals surface area (Å²) in [6, 6.07) is -0.825. The van der Waals surface area contributed by atoms with E-state index in [1.165, 1.54) is 0 Å². The molecular weight excluding hydrogens is 231 g/mol. The molecule has 0 radical (unpaired) electrons. The van der Waals surface area contributed by atoms with Crippen LogP contribution in [0.2, 0.25) is 0 Å². The molecule has 1 rings (SSSR count). The lowest BCUT2D eigenvalue weighted by molar-refractivity contribution is -0.136. The maximum atomic E-state index is 12.2. The predicted molar refractivity (Wildman–Crippen MR) is 55.2 cm³/mol. The van der Waals surface area contributed by atoms with Gasteiger partial charge in [0.15, 0.2) is 0 Å². The lowest BCUT2D eigenvalue weighted by Gasteiger charge is -2.22. The highest BCUT2D eigenvalue weighted by atomic mass is 19.1. The number of piperidine rings is 1. The zero-order valence-electron chi connectivity index (χ0n) is 9.03. The van der Waals surface area contributed by atoms with E-state index in [9.17, 15) is 18.8 Å². The average Bonchev–Trinajstić information content (AvgIpc) is 2.21. The number of amides is 3. The lowest BCUT2D eigenvalue weighted by atomic mass is 10.1. The van der Waals surface area contributed by atoms with E-state index in [0.29, 0.717) is 0 Å². The largest absolute Gasteiger partial charge is 0.364 e. The van der Waals surface area contributed by atoms with E-state index in [2.05, 4.69) is 17.2 Å². The quantitative estimate of drug-likeness (QED) is 0.443. The summed E-state index contributed by atoms with van der Waals surface area (Å²) in [6.07, 6.45) is -2.34. The second-order valence-electron chi connectivity index (χ2n) is 3.72. The van der Waals surface area contributed by atoms with Gasteiger partial charge in [-0.15, -0.1) is 0 Å². The SMILES string of the molecule is C=C(CC(O)F)C(=O)NC1CCC(=O)NC1=O. The maximum absolute atomic E-state index is 12.2. The normalized spacial score (nSPS) is 21.6. The van der Waals surface area contributed by atoms with Gasteiger partial charge in [0.2, 0.25) is 24.1 Å². The monoisotopic (exact) mass is 244 g/mol. The zero-order chi connectivity index (χ0) is 13.0. The summed E-state index contributed by atoms with van der Waals surface area (Å²) < 4.78 is 12.2. The summed E-state index contributed by atoms with van der Waals surface area (Å²) in [6.45, 7) is 3.29. The first-order chi connectivity index (χ1) is 7.90. The lowest BCUT2D eigenvalue weighted by Crippen LogP contribution is -2.52. The summed E-state index contributed by atoms with van der Waals surface area (Å²) in [4.78, 5) is 33.5. The van der Waals surface area contributed by atoms with Crippen LogP contribution in [0.5, 0.6) is 0 Å². The van der Waals surface area contributed by atoms with Crippen molar-refractivity contribution in [2.45, 2.75) is 31.7 Å². The molecule has 3 amide bonds. The third kappa shape index (κ3) is 3.95. The van der Waals surface area contributed by atoms with Gasteiger partial charge in [0.05, 0.1) is 0 Å². The van der Waals surface area contributed by atoms with Crippen LogP contribution in [0, 0.1) is 0 Å². The van der Waals surface area contributed by atoms with E-state index in [0.717, 1.165) is 0 Å². The van der Waals surface area contributed by atoms with Crippen molar-refractivity contribution >= 4 is 17.7 Å². The predicted octanol–water partition coefficient (Wildman–Crippen LogP) is -0.858. The minimum Gasteiger partial charge on any atom is -0.364 e. The third-order valence-electron chi connectivity index (χ3n) is 2.28. The van der Waals surface area contributed by atoms with Gasteiger partial charge in [-0.25, -0.2) is 4.39 Å². The van der Waals surface area contributed by atoms with Crippen LogP contribution in [0.4, 0.5) is 4.39 Å². The molecule has 0 spiro atoms. The number of halogens is 1. The number of aliphatic hydroxyl groups excluding tert-OH is 1. The minimum absolute atomic E-state index is 0.134. The van der Waals surface area contributed by atoms with Gasteiger partial charge in [-0.1, -0.05) is 6.58 Å². The molecule has 1 heterocycles. The van der Waals surface area contributed by atoms with Crippen LogP contribution in [-0.4, -0.2) is 35.2 Å². The number of nitrogens with one attached hydrogen (secondary N) is 2. The summed E-state index contributed by atoms with van der Waals surface area (Å²) in [5.74, 6) is -1.70. The topological polar surface area (TPSA) is 95.5 Å². The number of imide groups is 1. The first kappa shape index (κ1) is 13.3. The Morgan fingerprint density at radius 1 is 1.65 bits per heavy atom. The van der Waals surface area contributed by atoms with E-state index in [1.807, 2.05) is 0 Å². The summed E-state index contributed by atoms with van der Waals surface area (Å²) in [5, 5.41) is 12.8. The Kier molecular flexibility index (Phi) is 4.33. The van der Waals surface area contributed by atoms with Crippen molar-refractivity contribution in [1.29, 1.82) is 0 Å². The highest BCUT2D eigenvalue weighted by Crippen LogP contribution is 2.08. The van der Waals surface area contributed by atoms with Crippen LogP contribution >= 0.6 is 0 Å². The average molecular weight is 244 g/mol. The van der Waals surface area contributed by atoms with Gasteiger partial charge in [0.25, 0.3) is 0 Å². The molecule has 2 atom stereocenters. The third-order valence-corrected chi connectivity index (χ3v) is 2.28. The van der Waals surface area contributed by atoms with Gasteiger partial charge in [0.1, 0.15) is 6.04 Å². The van der Waals surface area contributed by atoms with E-state index in [1.54, 1.807) is 0 Å². The van der Waals surface area contributed by atoms with Crippen LogP contribution in [0.15, 0.2) is 12.2 Å². The molecule has 2 unspecified atom stereocenters. The van der Waals surface area contributed by atoms with Crippen molar-refractivity contribution in [2.75, 3.05) is 0 Å². The first-order valence-corrected chi connectivity index (χ1v) is 5.04. The Morgan fingerprint density at radius 2 is 2.29 bits per heavy atom. The molecule has 0 aliphatic carbocycles. The van der Waals surface area contributed by atoms with Crippen molar-refractivity contribution in [2.24, 2.45) is 0 Å². The molecule has 0 aromatic carbocycles. The molecule has 1 aliphatic rings. The maximum Gasteiger partial charge on any atom is 0.249 e. The van der Waals surface area contributed by atoms with Gasteiger partial charge in [-0.3, -0.25) is 19.7 Å². The number of carbonyl (C=O) groups is 3. The molecule has 1 fully saturated rings. The van der Waals surface area contributed by atoms with E-state index < -0.39 is 36.5 Å². The Hall–Kier alpha value is -1.76. The van der Waals surface area contributed by atoms with Crippen molar-refractivity contribution in [1.82, 2.24) is 10.6 Å². The molecule has 1 aliphatic heterocycles. The fourth-order valence-corrected chi connectivity index (χ4v) is 1.39. The van der Waals surface area contributed by atoms with Crippen molar-refractivity contribution in [3.8, 4) is 0 Å². The second-order valence-corrected chi connectivity index (χ2v) is 3.72. The molecule has 0 aromatic rings. The minimum atomic E-state index is -2.16. The number of carbonyl (C=O) groups excluding carboxylic acids is 3. The van der Waals surface area contributed by atoms with Crippen LogP contribution in [-0.2, 0) is 14.4 Å². The molecule has 3 N–H and O–H groups in total. The van der Waals surface area contributed by atoms with Gasteiger partial charge >= 0.3 is 0 Å². The number of alkyl halides is 1. The number of hydrogen-bond donors (Lipinski definition) is 3. The molecule has 0 saturated carbocycles. The Morgan fingerprint density at radius 3 is 2.82 bits per heavy atom. The fourth-order valence-electron chi connectivity index (χ4n) is 1.39. The Labute approximate surface area is 96.9 Å². The Balaban J connectivity index is 2.48. The standard InChI is InChI=1S/C10H13FN2O4/c1-5(4-7(11)14)9(16)12-6-2-3-8(15)13-10(6)17/h6-7,14H,1-4H2,(H,12,16)(H,13,15,17). The molecule has 17 heavy (non-hydrogen) atoms. The molecule has 0 aromatic heterocycles. The summed E-state index contributed by atoms with van der Waals surface area (Å²) in [7, 11) is 0. The number of rotatable bonds is 4. The molecule has 7 heteroatoms. The van der Waals surface area contributed by atoms with E-state index >= 15 is 0 Å². The first-order valence-electron chi connectivity index (χ1n) is 5.04. The molecular formula is C10H13FN2O4. The number of aliphatic hydroxyl groups is 1. The van der Waals surface area contributed by atoms with Gasteiger partial charge in [-0.05, 0) is 6.42 Å². The van der Waals surface area contributed by atoms with Crippen LogP contribution in [0.1, 0.15) is 19.3 Å². The molecule has 6 nitrogen and oxygen atoms in total. The fraction of sp³-hybridized carbons (Fsp3) is 0.500. The van der Waals surface area contributed by atoms with Crippen LogP contribution in [0.3, 0.4) is 0 Å². The van der Waals surface area contributed by atoms with Crippen molar-refractivity contribution in [3.63, 3.8) is 0 Å². The van der Waals surface area contributed by atoms with Gasteiger partial charge in [-0.2, -0.15) is 0 Å². The zero-order valence-corrected chi connectivity index (χ0v) is 9.03. The molecule has 1 saturated heterocycles. The summed E-state index contributed by atoms with van der Waals surface area (Å²) >= 11 is 0. The van der Waals surface area contributed by atoms with Crippen LogP contribution in [0.25, 0.3) is 0 Å². The summed E-state index contributed by atoms with van der Waals surface area (Å²) in [5.41, 5.74) is -0.162. The number of hydrogen-bond acceptors (Lipinski definition) is 4. The highest BCUT2D eigenvalue weighted by molar-refractivity contribution is 6.03. The van der Waals surface area contributed by atoms with Crippen molar-refractivity contribution in [3.05, 3.63) is 12.2 Å². The van der Waals surface area contributed by atoms with E-state index in [4.69, 9.17) is 5.11 Å². The van der Waals surface area contributed by atoms with Crippen molar-refractivity contribution < 1.29 is 23.9 Å². The molecule has 94 valence electrons. The molecule has 0 bridgehead atoms.